The fourth-order valence-corrected chi connectivity index (χ4v) is 2.22. The van der Waals surface area contributed by atoms with Gasteiger partial charge in [-0.2, -0.15) is 0 Å². The highest BCUT2D eigenvalue weighted by molar-refractivity contribution is 5.92. The molecule has 2 aliphatic rings. The van der Waals surface area contributed by atoms with Gasteiger partial charge in [0.15, 0.2) is 0 Å². The van der Waals surface area contributed by atoms with Crippen LogP contribution in [-0.2, 0) is 14.3 Å². The second-order valence-corrected chi connectivity index (χ2v) is 5.39. The third kappa shape index (κ3) is 3.44. The van der Waals surface area contributed by atoms with Gasteiger partial charge in [0, 0.05) is 13.1 Å². The Labute approximate surface area is 122 Å². The summed E-state index contributed by atoms with van der Waals surface area (Å²) >= 11 is 0. The Morgan fingerprint density at radius 1 is 1.38 bits per heavy atom. The zero-order valence-corrected chi connectivity index (χ0v) is 12.1. The lowest BCUT2D eigenvalue weighted by Gasteiger charge is -2.35. The summed E-state index contributed by atoms with van der Waals surface area (Å²) < 4.78 is 5.26. The summed E-state index contributed by atoms with van der Waals surface area (Å²) in [5.41, 5.74) is -1.15. The average molecular weight is 299 g/mol. The maximum atomic E-state index is 12.3. The molecule has 118 valence electrons. The molecule has 0 aromatic carbocycles. The van der Waals surface area contributed by atoms with Crippen LogP contribution < -0.4 is 10.6 Å². The van der Waals surface area contributed by atoms with E-state index < -0.39 is 23.6 Å². The Bertz CT molecular complexity index is 436. The molecule has 1 aliphatic heterocycles. The summed E-state index contributed by atoms with van der Waals surface area (Å²) in [5, 5.41) is 14.4. The molecule has 0 aromatic heterocycles. The lowest BCUT2D eigenvalue weighted by atomic mass is 10.2. The normalized spacial score (nSPS) is 23.3. The molecule has 0 aromatic rings. The standard InChI is InChI=1S/C13H21N3O5/c1-2-5-14-10(17)9-8-21-7-6-16(9)12(20)15-13(3-4-13)11(18)19/h9H,2-8H2,1H3,(H,14,17)(H,15,20)(H,18,19). The van der Waals surface area contributed by atoms with Gasteiger partial charge in [0.25, 0.3) is 0 Å². The van der Waals surface area contributed by atoms with E-state index in [0.717, 1.165) is 6.42 Å². The largest absolute Gasteiger partial charge is 0.480 e. The van der Waals surface area contributed by atoms with Gasteiger partial charge >= 0.3 is 12.0 Å². The first-order valence-electron chi connectivity index (χ1n) is 7.18. The molecule has 3 N–H and O–H groups in total. The topological polar surface area (TPSA) is 108 Å². The van der Waals surface area contributed by atoms with Crippen molar-refractivity contribution in [2.75, 3.05) is 26.3 Å². The number of aliphatic carboxylic acids is 1. The molecule has 1 saturated heterocycles. The Hall–Kier alpha value is -1.83. The average Bonchev–Trinajstić information content (AvgIpc) is 3.25. The fraction of sp³-hybridized carbons (Fsp3) is 0.769. The minimum absolute atomic E-state index is 0.128. The van der Waals surface area contributed by atoms with E-state index in [4.69, 9.17) is 9.84 Å². The van der Waals surface area contributed by atoms with Crippen LogP contribution in [0, 0.1) is 0 Å². The number of hydrogen-bond donors (Lipinski definition) is 3. The van der Waals surface area contributed by atoms with Gasteiger partial charge in [-0.3, -0.25) is 4.79 Å². The number of carboxylic acids is 1. The number of carboxylic acid groups (broad SMARTS) is 1. The van der Waals surface area contributed by atoms with Gasteiger partial charge in [0.2, 0.25) is 5.91 Å². The van der Waals surface area contributed by atoms with Crippen molar-refractivity contribution >= 4 is 17.9 Å². The number of hydrogen-bond acceptors (Lipinski definition) is 4. The molecule has 1 heterocycles. The molecule has 0 radical (unpaired) electrons. The summed E-state index contributed by atoms with van der Waals surface area (Å²) in [5.74, 6) is -1.30. The van der Waals surface area contributed by atoms with Crippen LogP contribution in [0.1, 0.15) is 26.2 Å². The molecule has 2 rings (SSSR count). The number of ether oxygens (including phenoxy) is 1. The van der Waals surface area contributed by atoms with Gasteiger partial charge in [0.05, 0.1) is 13.2 Å². The van der Waals surface area contributed by atoms with Crippen LogP contribution in [0.3, 0.4) is 0 Å². The molecule has 1 unspecified atom stereocenters. The molecule has 21 heavy (non-hydrogen) atoms. The molecular weight excluding hydrogens is 278 g/mol. The van der Waals surface area contributed by atoms with E-state index in [1.54, 1.807) is 0 Å². The lowest BCUT2D eigenvalue weighted by Crippen LogP contribution is -2.60. The van der Waals surface area contributed by atoms with Gasteiger partial charge in [-0.05, 0) is 19.3 Å². The second-order valence-electron chi connectivity index (χ2n) is 5.39. The zero-order chi connectivity index (χ0) is 15.5. The highest BCUT2D eigenvalue weighted by atomic mass is 16.5. The minimum atomic E-state index is -1.15. The minimum Gasteiger partial charge on any atom is -0.480 e. The number of carbonyl (C=O) groups excluding carboxylic acids is 2. The number of urea groups is 1. The number of nitrogens with zero attached hydrogens (tertiary/aromatic N) is 1. The van der Waals surface area contributed by atoms with E-state index in [0.29, 0.717) is 26.0 Å². The summed E-state index contributed by atoms with van der Waals surface area (Å²) in [6.45, 7) is 3.20. The quantitative estimate of drug-likeness (QED) is 0.636. The predicted molar refractivity (Wildman–Crippen MR) is 72.7 cm³/mol. The molecule has 0 spiro atoms. The number of nitrogens with one attached hydrogen (secondary N) is 2. The van der Waals surface area contributed by atoms with Crippen molar-refractivity contribution in [3.8, 4) is 0 Å². The summed E-state index contributed by atoms with van der Waals surface area (Å²) in [7, 11) is 0. The van der Waals surface area contributed by atoms with Crippen LogP contribution in [0.4, 0.5) is 4.79 Å². The van der Waals surface area contributed by atoms with Gasteiger partial charge < -0.3 is 25.4 Å². The summed E-state index contributed by atoms with van der Waals surface area (Å²) in [6.07, 6.45) is 1.64. The van der Waals surface area contributed by atoms with Crippen LogP contribution in [0.25, 0.3) is 0 Å². The number of carbonyl (C=O) groups is 3. The SMILES string of the molecule is CCCNC(=O)C1COCCN1C(=O)NC1(C(=O)O)CC1. The van der Waals surface area contributed by atoms with Crippen molar-refractivity contribution in [2.24, 2.45) is 0 Å². The molecule has 1 aliphatic carbocycles. The van der Waals surface area contributed by atoms with Gasteiger partial charge in [0.1, 0.15) is 11.6 Å². The Morgan fingerprint density at radius 3 is 2.67 bits per heavy atom. The fourth-order valence-electron chi connectivity index (χ4n) is 2.22. The Morgan fingerprint density at radius 2 is 2.10 bits per heavy atom. The van der Waals surface area contributed by atoms with Crippen molar-refractivity contribution in [2.45, 2.75) is 37.8 Å². The summed E-state index contributed by atoms with van der Waals surface area (Å²) in [4.78, 5) is 36.8. The van der Waals surface area contributed by atoms with E-state index in [-0.39, 0.29) is 19.1 Å². The highest BCUT2D eigenvalue weighted by Crippen LogP contribution is 2.35. The molecule has 1 atom stereocenters. The third-order valence-corrected chi connectivity index (χ3v) is 3.75. The second kappa shape index (κ2) is 6.30. The molecule has 8 heteroatoms. The van der Waals surface area contributed by atoms with Crippen molar-refractivity contribution < 1.29 is 24.2 Å². The molecule has 0 bridgehead atoms. The molecule has 1 saturated carbocycles. The van der Waals surface area contributed by atoms with Crippen LogP contribution >= 0.6 is 0 Å². The monoisotopic (exact) mass is 299 g/mol. The van der Waals surface area contributed by atoms with Crippen molar-refractivity contribution in [3.05, 3.63) is 0 Å². The maximum absolute atomic E-state index is 12.3. The van der Waals surface area contributed by atoms with Crippen LogP contribution in [-0.4, -0.2) is 65.8 Å². The molecule has 3 amide bonds. The van der Waals surface area contributed by atoms with E-state index >= 15 is 0 Å². The van der Waals surface area contributed by atoms with Crippen LogP contribution in [0.5, 0.6) is 0 Å². The van der Waals surface area contributed by atoms with Gasteiger partial charge in [-0.15, -0.1) is 0 Å². The summed E-state index contributed by atoms with van der Waals surface area (Å²) in [6, 6.07) is -1.23. The maximum Gasteiger partial charge on any atom is 0.329 e. The first-order chi connectivity index (χ1) is 10.00. The van der Waals surface area contributed by atoms with Crippen molar-refractivity contribution in [1.29, 1.82) is 0 Å². The predicted octanol–water partition coefficient (Wildman–Crippen LogP) is -0.460. The van der Waals surface area contributed by atoms with E-state index in [1.165, 1.54) is 4.90 Å². The van der Waals surface area contributed by atoms with E-state index in [1.807, 2.05) is 6.92 Å². The van der Waals surface area contributed by atoms with E-state index in [2.05, 4.69) is 10.6 Å². The van der Waals surface area contributed by atoms with Crippen LogP contribution in [0.15, 0.2) is 0 Å². The number of rotatable bonds is 5. The smallest absolute Gasteiger partial charge is 0.329 e. The highest BCUT2D eigenvalue weighted by Gasteiger charge is 2.52. The Balaban J connectivity index is 1.99. The Kier molecular flexibility index (Phi) is 4.66. The molecule has 2 fully saturated rings. The first-order valence-corrected chi connectivity index (χ1v) is 7.18. The lowest BCUT2D eigenvalue weighted by molar-refractivity contribution is -0.140. The molecule has 8 nitrogen and oxygen atoms in total. The van der Waals surface area contributed by atoms with Gasteiger partial charge in [-0.25, -0.2) is 9.59 Å². The van der Waals surface area contributed by atoms with Crippen molar-refractivity contribution in [3.63, 3.8) is 0 Å². The van der Waals surface area contributed by atoms with Gasteiger partial charge in [-0.1, -0.05) is 6.92 Å². The number of morpholine rings is 1. The van der Waals surface area contributed by atoms with Crippen LogP contribution in [0.2, 0.25) is 0 Å². The van der Waals surface area contributed by atoms with E-state index in [9.17, 15) is 14.4 Å². The molecular formula is C13H21N3O5. The number of amides is 3. The van der Waals surface area contributed by atoms with Crippen molar-refractivity contribution in [1.82, 2.24) is 15.5 Å². The zero-order valence-electron chi connectivity index (χ0n) is 12.1. The third-order valence-electron chi connectivity index (χ3n) is 3.75. The first kappa shape index (κ1) is 15.6.